The Labute approximate surface area is 571 Å². The van der Waals surface area contributed by atoms with Crippen LogP contribution in [-0.2, 0) is 54.1 Å². The van der Waals surface area contributed by atoms with Gasteiger partial charge >= 0.3 is 6.09 Å². The first-order chi connectivity index (χ1) is 46.9. The molecule has 41 nitrogen and oxygen atoms in total. The Kier molecular flexibility index (Phi) is 27.6. The number of aliphatic hydroxyl groups excluding tert-OH is 7. The summed E-state index contributed by atoms with van der Waals surface area (Å²) >= 11 is 2.48. The number of aromatic nitrogens is 6. The van der Waals surface area contributed by atoms with E-state index < -0.39 is 182 Å². The van der Waals surface area contributed by atoms with Crippen molar-refractivity contribution in [2.24, 2.45) is 45.3 Å². The minimum Gasteiger partial charge on any atom is -0.441 e. The Morgan fingerprint density at radius 2 is 1.51 bits per heavy atom. The van der Waals surface area contributed by atoms with E-state index >= 15 is 4.79 Å². The van der Waals surface area contributed by atoms with Gasteiger partial charge in [-0.1, -0.05) is 6.92 Å². The van der Waals surface area contributed by atoms with Gasteiger partial charge in [0.1, 0.15) is 94.6 Å². The van der Waals surface area contributed by atoms with E-state index in [4.69, 9.17) is 63.8 Å². The smallest absolute Gasteiger partial charge is 0.404 e. The number of aromatic amines is 1. The number of ether oxygens (including phenoxy) is 5. The third-order valence-electron chi connectivity index (χ3n) is 16.2. The topological polar surface area (TPSA) is 691 Å². The zero-order chi connectivity index (χ0) is 72.7. The number of H-pyrrole nitrogens is 1. The largest absolute Gasteiger partial charge is 0.441 e. The van der Waals surface area contributed by atoms with E-state index in [1.165, 1.54) is 43.4 Å². The van der Waals surface area contributed by atoms with E-state index in [0.717, 1.165) is 12.5 Å². The standard InChI is InChI=1S/C56H84N20O21S2/c1-20-32(73-45(76-43(20)59)24(12-30(58)79)68-13-23(57)44(60)85)48(88)74-33(39(25-14-64-19-69-25)95-53-41(37(83)35(81)28(15-77)94-53)96-52-38(84)40(97-55(63)91)36(82)29(16-78)93-52)49(89)70-22(3)34(80)21(2)46(86)75-42(56(92)7-8-56)50(90)66-11-6-31-71-27(18-98-31)51-72-26(17-99-51)47(87)65-9-4-5-10-67-54(61)62/h14,17-19,21-24,28-29,33-42,52-53,68,77-78,80-84,92H,4-13,15-16,57H2,1-3H3,(H2,58,79)(H2,60,85)(H2,63,91)(H,64,69)(H,65,87)(H,66,90)(H,70,89)(H,74,88)(H,75,86)(H2,59,73,76)(H4,61,62,67)/t21-,22+,23-,24-,28-,29+,33-,34+,35-,36+,37+,38-,39-,40+,41-,42+,52+,53-/m0/s1. The van der Waals surface area contributed by atoms with Gasteiger partial charge in [-0.25, -0.2) is 29.7 Å². The molecule has 2 saturated heterocycles. The van der Waals surface area contributed by atoms with Crippen molar-refractivity contribution in [2.45, 2.75) is 169 Å². The van der Waals surface area contributed by atoms with Crippen molar-refractivity contribution in [3.8, 4) is 10.7 Å². The molecule has 29 N–H and O–H groups in total. The zero-order valence-electron chi connectivity index (χ0n) is 53.6. The summed E-state index contributed by atoms with van der Waals surface area (Å²) in [6, 6.07) is -7.82. The molecule has 4 aromatic heterocycles. The normalized spacial score (nSPS) is 24.2. The molecule has 99 heavy (non-hydrogen) atoms. The van der Waals surface area contributed by atoms with Crippen LogP contribution in [0.5, 0.6) is 0 Å². The fraction of sp³-hybridized carbons (Fsp3) is 0.607. The molecule has 43 heteroatoms. The highest BCUT2D eigenvalue weighted by molar-refractivity contribution is 7.14. The number of rotatable bonds is 36. The molecular weight excluding hydrogens is 1350 g/mol. The SMILES string of the molecule is Cc1c(N)nc([C@H](CC(N)=O)NC[C@H](N)C(N)=O)nc1C(=O)N[C@H](C(=O)N[C@H](C)[C@H](O)[C@H](C)C(=O)N[C@H](C(=O)NCCc1nc(-c2nc(C(=O)NCCCCN=C(N)N)cs2)cs1)C1(O)CC1)[C@@H](O[C@@H]1O[C@@H](CO)[C@H](O)[C@@H](O)[C@@H]1O[C@H]1O[C@H](CO)[C@@H](O)[C@@H](OC(N)=O)[C@@H]1O)c1cnc[nH]1. The summed E-state index contributed by atoms with van der Waals surface area (Å²) in [6.45, 7) is 2.23. The summed E-state index contributed by atoms with van der Waals surface area (Å²) in [7, 11) is 0. The molecule has 8 amide bonds. The third-order valence-corrected chi connectivity index (χ3v) is 18.0. The summed E-state index contributed by atoms with van der Waals surface area (Å²) in [4.78, 5) is 135. The predicted molar refractivity (Wildman–Crippen MR) is 342 cm³/mol. The van der Waals surface area contributed by atoms with Crippen LogP contribution in [0.25, 0.3) is 10.7 Å². The Hall–Kier alpha value is -8.38. The number of guanidine groups is 1. The number of anilines is 1. The summed E-state index contributed by atoms with van der Waals surface area (Å²) in [5, 5.41) is 109. The number of aliphatic hydroxyl groups is 8. The molecule has 0 bridgehead atoms. The number of aliphatic imine (C=N–C) groups is 1. The van der Waals surface area contributed by atoms with Crippen molar-refractivity contribution in [3.05, 3.63) is 56.8 Å². The second kappa shape index (κ2) is 35.1. The van der Waals surface area contributed by atoms with Gasteiger partial charge in [-0.15, -0.1) is 22.7 Å². The highest BCUT2D eigenvalue weighted by atomic mass is 32.1. The van der Waals surface area contributed by atoms with Crippen molar-refractivity contribution in [1.82, 2.24) is 61.8 Å². The minimum atomic E-state index is -2.20. The lowest BCUT2D eigenvalue weighted by Crippen LogP contribution is -2.65. The van der Waals surface area contributed by atoms with Crippen LogP contribution < -0.4 is 72.0 Å². The molecule has 1 saturated carbocycles. The maximum absolute atomic E-state index is 15.2. The van der Waals surface area contributed by atoms with Crippen molar-refractivity contribution in [2.75, 3.05) is 45.1 Å². The number of imidazole rings is 1. The highest BCUT2D eigenvalue weighted by Gasteiger charge is 2.55. The van der Waals surface area contributed by atoms with E-state index in [1.54, 1.807) is 10.8 Å². The Balaban J connectivity index is 1.12. The molecule has 0 aromatic carbocycles. The number of nitrogens with two attached hydrogens (primary N) is 7. The molecule has 3 aliphatic rings. The lowest BCUT2D eigenvalue weighted by atomic mass is 9.96. The lowest BCUT2D eigenvalue weighted by Gasteiger charge is -2.47. The van der Waals surface area contributed by atoms with Crippen LogP contribution >= 0.6 is 22.7 Å². The van der Waals surface area contributed by atoms with E-state index in [9.17, 15) is 74.4 Å². The molecule has 7 rings (SSSR count). The van der Waals surface area contributed by atoms with Gasteiger partial charge in [0.05, 0.1) is 72.2 Å². The van der Waals surface area contributed by atoms with Gasteiger partial charge in [0.15, 0.2) is 24.6 Å². The number of nitrogen functional groups attached to an aromatic ring is 1. The molecule has 4 aromatic rings. The van der Waals surface area contributed by atoms with Crippen LogP contribution in [0.2, 0.25) is 0 Å². The van der Waals surface area contributed by atoms with Crippen molar-refractivity contribution in [1.29, 1.82) is 0 Å². The molecule has 2 aliphatic heterocycles. The Morgan fingerprint density at radius 1 is 0.808 bits per heavy atom. The van der Waals surface area contributed by atoms with Gasteiger partial charge < -0.3 is 142 Å². The number of carbonyl (C=O) groups is 8. The predicted octanol–water partition coefficient (Wildman–Crippen LogP) is -8.77. The first-order valence-electron chi connectivity index (χ1n) is 30.9. The fourth-order valence-electron chi connectivity index (χ4n) is 10.3. The Bertz CT molecular complexity index is 3470. The number of nitrogens with zero attached hydrogens (tertiary/aromatic N) is 6. The second-order valence-electron chi connectivity index (χ2n) is 23.6. The van der Waals surface area contributed by atoms with E-state index in [0.29, 0.717) is 41.6 Å². The van der Waals surface area contributed by atoms with Gasteiger partial charge in [-0.05, 0) is 39.5 Å². The first-order valence-corrected chi connectivity index (χ1v) is 32.7. The van der Waals surface area contributed by atoms with Crippen molar-refractivity contribution >= 4 is 81.9 Å². The average molecular weight is 1440 g/mol. The van der Waals surface area contributed by atoms with Crippen molar-refractivity contribution in [3.63, 3.8) is 0 Å². The highest BCUT2D eigenvalue weighted by Crippen LogP contribution is 2.39. The first kappa shape index (κ1) is 78.0. The number of hydrogen-bond donors (Lipinski definition) is 22. The zero-order valence-corrected chi connectivity index (χ0v) is 55.2. The van der Waals surface area contributed by atoms with Crippen molar-refractivity contribution < 1.29 is 103 Å². The summed E-state index contributed by atoms with van der Waals surface area (Å²) < 4.78 is 28.8. The quantitative estimate of drug-likeness (QED) is 0.0114. The number of unbranched alkanes of at least 4 members (excludes halogenated alkanes) is 1. The van der Waals surface area contributed by atoms with Crippen LogP contribution in [-0.4, -0.2) is 261 Å². The van der Waals surface area contributed by atoms with Crippen LogP contribution in [0.3, 0.4) is 0 Å². The van der Waals surface area contributed by atoms with Gasteiger partial charge in [0, 0.05) is 55.3 Å². The molecule has 3 fully saturated rings. The molecule has 0 unspecified atom stereocenters. The van der Waals surface area contributed by atoms with Crippen LogP contribution in [0.15, 0.2) is 28.3 Å². The monoisotopic (exact) mass is 1440 g/mol. The minimum absolute atomic E-state index is 0.00935. The van der Waals surface area contributed by atoms with Gasteiger partial charge in [-0.2, -0.15) is 0 Å². The fourth-order valence-corrected chi connectivity index (χ4v) is 11.9. The number of primary amides is 3. The number of nitrogens with one attached hydrogen (secondary N) is 7. The molecule has 1 aliphatic carbocycles. The van der Waals surface area contributed by atoms with Crippen LogP contribution in [0, 0.1) is 12.8 Å². The summed E-state index contributed by atoms with van der Waals surface area (Å²) in [6.07, 6.45) is -22.1. The maximum Gasteiger partial charge on any atom is 0.404 e. The van der Waals surface area contributed by atoms with Gasteiger partial charge in [-0.3, -0.25) is 38.6 Å². The second-order valence-corrected chi connectivity index (χ2v) is 25.4. The molecule has 6 heterocycles. The van der Waals surface area contributed by atoms with Crippen LogP contribution in [0.4, 0.5) is 10.6 Å². The number of thiazole rings is 2. The molecule has 18 atom stereocenters. The number of hydrogen-bond acceptors (Lipinski definition) is 32. The van der Waals surface area contributed by atoms with E-state index in [2.05, 4.69) is 66.8 Å². The van der Waals surface area contributed by atoms with E-state index in [-0.39, 0.29) is 72.8 Å². The lowest BCUT2D eigenvalue weighted by molar-refractivity contribution is -0.372. The third kappa shape index (κ3) is 20.4. The maximum atomic E-state index is 15.2. The summed E-state index contributed by atoms with van der Waals surface area (Å²) in [5.74, 6) is -8.73. The van der Waals surface area contributed by atoms with E-state index in [1.807, 2.05) is 0 Å². The molecule has 0 spiro atoms. The molecular formula is C56H84N20O21S2. The number of amides is 8. The van der Waals surface area contributed by atoms with Gasteiger partial charge in [0.25, 0.3) is 11.8 Å². The number of carbonyl (C=O) groups excluding carboxylic acids is 8. The average Bonchev–Trinajstić information content (AvgIpc) is 1.55. The van der Waals surface area contributed by atoms with Gasteiger partial charge in [0.2, 0.25) is 29.5 Å². The van der Waals surface area contributed by atoms with Crippen LogP contribution in [0.1, 0.15) is 101 Å². The molecule has 0 radical (unpaired) electrons. The molecule has 546 valence electrons. The Morgan fingerprint density at radius 3 is 2.14 bits per heavy atom. The summed E-state index contributed by atoms with van der Waals surface area (Å²) in [5.41, 5.74) is 37.0.